The van der Waals surface area contributed by atoms with E-state index in [2.05, 4.69) is 6.07 Å². The molecule has 0 unspecified atom stereocenters. The predicted molar refractivity (Wildman–Crippen MR) is 87.6 cm³/mol. The van der Waals surface area contributed by atoms with Crippen molar-refractivity contribution in [2.24, 2.45) is 0 Å². The molecule has 4 aromatic rings. The predicted octanol–water partition coefficient (Wildman–Crippen LogP) is 3.90. The summed E-state index contributed by atoms with van der Waals surface area (Å²) in [6, 6.07) is 16.9. The minimum atomic E-state index is -0.347. The van der Waals surface area contributed by atoms with Crippen LogP contribution in [0.2, 0.25) is 0 Å². The van der Waals surface area contributed by atoms with Gasteiger partial charge in [0.15, 0.2) is 0 Å². The summed E-state index contributed by atoms with van der Waals surface area (Å²) in [5, 5.41) is 1.85. The van der Waals surface area contributed by atoms with Gasteiger partial charge in [-0.1, -0.05) is 12.1 Å². The van der Waals surface area contributed by atoms with Gasteiger partial charge < -0.3 is 9.15 Å². The smallest absolute Gasteiger partial charge is 0.336 e. The highest BCUT2D eigenvalue weighted by molar-refractivity contribution is 6.05. The van der Waals surface area contributed by atoms with Crippen molar-refractivity contribution in [3.8, 4) is 17.0 Å². The quantitative estimate of drug-likeness (QED) is 0.365. The maximum Gasteiger partial charge on any atom is 0.336 e. The molecule has 0 spiro atoms. The average Bonchev–Trinajstić information content (AvgIpc) is 2.59. The van der Waals surface area contributed by atoms with Gasteiger partial charge in [-0.3, -0.25) is 0 Å². The maximum absolute atomic E-state index is 11.4. The number of pyridine rings is 1. The summed E-state index contributed by atoms with van der Waals surface area (Å²) in [7, 11) is 0. The molecule has 0 radical (unpaired) electrons. The van der Waals surface area contributed by atoms with Crippen LogP contribution in [0.3, 0.4) is 0 Å². The second kappa shape index (κ2) is 4.43. The van der Waals surface area contributed by atoms with Gasteiger partial charge in [0, 0.05) is 28.0 Å². The zero-order valence-corrected chi connectivity index (χ0v) is 12.1. The summed E-state index contributed by atoms with van der Waals surface area (Å²) >= 11 is 0. The molecular weight excluding hydrogens is 290 g/mol. The van der Waals surface area contributed by atoms with E-state index in [-0.39, 0.29) is 5.63 Å². The van der Waals surface area contributed by atoms with Gasteiger partial charge >= 0.3 is 5.63 Å². The van der Waals surface area contributed by atoms with Crippen LogP contribution in [0.4, 0.5) is 0 Å². The Labute approximate surface area is 131 Å². The van der Waals surface area contributed by atoms with Crippen molar-refractivity contribution in [2.75, 3.05) is 0 Å². The van der Waals surface area contributed by atoms with Gasteiger partial charge in [-0.2, -0.15) is 0 Å². The lowest BCUT2D eigenvalue weighted by atomic mass is 9.99. The first-order valence-corrected chi connectivity index (χ1v) is 7.38. The Morgan fingerprint density at radius 3 is 2.83 bits per heavy atom. The highest BCUT2D eigenvalue weighted by Gasteiger charge is 2.19. The van der Waals surface area contributed by atoms with Crippen LogP contribution in [0.25, 0.3) is 33.1 Å². The van der Waals surface area contributed by atoms with Crippen LogP contribution in [0.1, 0.15) is 5.56 Å². The van der Waals surface area contributed by atoms with Gasteiger partial charge in [0.1, 0.15) is 17.9 Å². The molecule has 4 heteroatoms. The molecule has 5 rings (SSSR count). The third-order valence-corrected chi connectivity index (χ3v) is 4.20. The molecule has 23 heavy (non-hydrogen) atoms. The summed E-state index contributed by atoms with van der Waals surface area (Å²) in [5.41, 5.74) is 4.10. The fraction of sp³-hybridized carbons (Fsp3) is 0.0526. The van der Waals surface area contributed by atoms with Crippen LogP contribution in [0, 0.1) is 0 Å². The number of ether oxygens (including phenoxy) is 1. The van der Waals surface area contributed by atoms with Crippen LogP contribution in [-0.4, -0.2) is 4.98 Å². The molecule has 1 aliphatic heterocycles. The standard InChI is InChI=1S/C19H11NO3/c21-18-8-5-12-14-9-11-10-22-16-4-2-1-3-13(16)19(11)20-15(14)6-7-17(12)23-18/h1-9H,10H2. The Morgan fingerprint density at radius 1 is 0.957 bits per heavy atom. The van der Waals surface area contributed by atoms with E-state index in [1.807, 2.05) is 30.3 Å². The molecule has 1 aliphatic rings. The summed E-state index contributed by atoms with van der Waals surface area (Å²) in [4.78, 5) is 16.2. The van der Waals surface area contributed by atoms with E-state index in [0.717, 1.165) is 38.9 Å². The monoisotopic (exact) mass is 301 g/mol. The zero-order chi connectivity index (χ0) is 15.4. The van der Waals surface area contributed by atoms with Crippen molar-refractivity contribution in [3.05, 3.63) is 70.6 Å². The van der Waals surface area contributed by atoms with Gasteiger partial charge in [-0.25, -0.2) is 9.78 Å². The van der Waals surface area contributed by atoms with Crippen LogP contribution in [-0.2, 0) is 6.61 Å². The van der Waals surface area contributed by atoms with Gasteiger partial charge in [-0.15, -0.1) is 0 Å². The summed E-state index contributed by atoms with van der Waals surface area (Å²) in [5.74, 6) is 0.860. The Morgan fingerprint density at radius 2 is 1.87 bits per heavy atom. The number of benzene rings is 2. The average molecular weight is 301 g/mol. The molecular formula is C19H11NO3. The minimum absolute atomic E-state index is 0.347. The third kappa shape index (κ3) is 1.78. The van der Waals surface area contributed by atoms with Crippen molar-refractivity contribution >= 4 is 21.9 Å². The van der Waals surface area contributed by atoms with Crippen LogP contribution in [0.5, 0.6) is 5.75 Å². The second-order valence-corrected chi connectivity index (χ2v) is 5.58. The lowest BCUT2D eigenvalue weighted by molar-refractivity contribution is 0.302. The van der Waals surface area contributed by atoms with Crippen LogP contribution in [0.15, 0.2) is 63.8 Å². The summed E-state index contributed by atoms with van der Waals surface area (Å²) in [6.45, 7) is 0.489. The molecule has 2 aromatic carbocycles. The van der Waals surface area contributed by atoms with E-state index in [0.29, 0.717) is 12.2 Å². The van der Waals surface area contributed by atoms with Crippen molar-refractivity contribution in [1.82, 2.24) is 4.98 Å². The zero-order valence-electron chi connectivity index (χ0n) is 12.1. The summed E-state index contributed by atoms with van der Waals surface area (Å²) in [6.07, 6.45) is 0. The first kappa shape index (κ1) is 12.4. The largest absolute Gasteiger partial charge is 0.488 e. The van der Waals surface area contributed by atoms with E-state index < -0.39 is 0 Å². The lowest BCUT2D eigenvalue weighted by Crippen LogP contribution is -2.07. The number of fused-ring (bicyclic) bond motifs is 6. The van der Waals surface area contributed by atoms with Crippen molar-refractivity contribution in [1.29, 1.82) is 0 Å². The highest BCUT2D eigenvalue weighted by atomic mass is 16.5. The molecule has 2 aromatic heterocycles. The van der Waals surface area contributed by atoms with Crippen molar-refractivity contribution in [3.63, 3.8) is 0 Å². The van der Waals surface area contributed by atoms with Gasteiger partial charge in [0.05, 0.1) is 11.2 Å². The molecule has 0 fully saturated rings. The number of rotatable bonds is 0. The van der Waals surface area contributed by atoms with Crippen LogP contribution < -0.4 is 10.4 Å². The number of para-hydroxylation sites is 1. The van der Waals surface area contributed by atoms with Gasteiger partial charge in [0.25, 0.3) is 0 Å². The summed E-state index contributed by atoms with van der Waals surface area (Å²) < 4.78 is 11.1. The normalized spacial score (nSPS) is 12.7. The number of hydrogen-bond acceptors (Lipinski definition) is 4. The van der Waals surface area contributed by atoms with Gasteiger partial charge in [-0.05, 0) is 36.4 Å². The fourth-order valence-corrected chi connectivity index (χ4v) is 3.13. The molecule has 0 N–H and O–H groups in total. The number of hydrogen-bond donors (Lipinski definition) is 0. The Balaban J connectivity index is 1.87. The van der Waals surface area contributed by atoms with E-state index in [1.165, 1.54) is 6.07 Å². The Bertz CT molecular complexity index is 1140. The van der Waals surface area contributed by atoms with E-state index >= 15 is 0 Å². The third-order valence-electron chi connectivity index (χ3n) is 4.20. The number of nitrogens with zero attached hydrogens (tertiary/aromatic N) is 1. The Kier molecular flexibility index (Phi) is 2.39. The molecule has 0 aliphatic carbocycles. The molecule has 0 saturated carbocycles. The van der Waals surface area contributed by atoms with Crippen molar-refractivity contribution < 1.29 is 9.15 Å². The first-order valence-electron chi connectivity index (χ1n) is 7.38. The van der Waals surface area contributed by atoms with Gasteiger partial charge in [0.2, 0.25) is 0 Å². The SMILES string of the molecule is O=c1ccc2c(ccc3nc4c(cc32)COc2ccccc2-4)o1. The molecule has 3 heterocycles. The number of aromatic nitrogens is 1. The van der Waals surface area contributed by atoms with E-state index in [4.69, 9.17) is 14.1 Å². The van der Waals surface area contributed by atoms with E-state index in [9.17, 15) is 4.79 Å². The fourth-order valence-electron chi connectivity index (χ4n) is 3.13. The molecule has 0 bridgehead atoms. The molecule has 0 atom stereocenters. The molecule has 0 amide bonds. The van der Waals surface area contributed by atoms with Crippen LogP contribution >= 0.6 is 0 Å². The highest BCUT2D eigenvalue weighted by Crippen LogP contribution is 2.38. The van der Waals surface area contributed by atoms with E-state index in [1.54, 1.807) is 12.1 Å². The second-order valence-electron chi connectivity index (χ2n) is 5.58. The minimum Gasteiger partial charge on any atom is -0.488 e. The molecule has 110 valence electrons. The maximum atomic E-state index is 11.4. The molecule has 0 saturated heterocycles. The first-order chi connectivity index (χ1) is 11.3. The lowest BCUT2D eigenvalue weighted by Gasteiger charge is -2.20. The Hall–Kier alpha value is -3.14. The molecule has 4 nitrogen and oxygen atoms in total. The topological polar surface area (TPSA) is 52.3 Å². The van der Waals surface area contributed by atoms with Crippen molar-refractivity contribution in [2.45, 2.75) is 6.61 Å².